The lowest BCUT2D eigenvalue weighted by Crippen LogP contribution is -2.32. The van der Waals surface area contributed by atoms with Gasteiger partial charge in [-0.2, -0.15) is 4.99 Å². The summed E-state index contributed by atoms with van der Waals surface area (Å²) in [7, 11) is 3.40. The molecule has 0 aromatic carbocycles. The fraction of sp³-hybridized carbons (Fsp3) is 0.458. The zero-order valence-corrected chi connectivity index (χ0v) is 19.2. The molecule has 0 aliphatic carbocycles. The second-order valence-electron chi connectivity index (χ2n) is 7.08. The van der Waals surface area contributed by atoms with Crippen molar-refractivity contribution in [1.82, 2.24) is 4.90 Å². The van der Waals surface area contributed by atoms with Gasteiger partial charge in [-0.15, -0.1) is 0 Å². The minimum absolute atomic E-state index is 0.153. The van der Waals surface area contributed by atoms with Crippen LogP contribution in [0.3, 0.4) is 0 Å². The summed E-state index contributed by atoms with van der Waals surface area (Å²) in [5.41, 5.74) is 11.0. The van der Waals surface area contributed by atoms with Crippen LogP contribution >= 0.6 is 0 Å². The van der Waals surface area contributed by atoms with Crippen molar-refractivity contribution in [1.29, 1.82) is 0 Å². The van der Waals surface area contributed by atoms with Gasteiger partial charge >= 0.3 is 5.97 Å². The number of guanidine groups is 2. The van der Waals surface area contributed by atoms with E-state index in [0.29, 0.717) is 0 Å². The number of carbonyl (C=O) groups excluding carboxylic acids is 1. The van der Waals surface area contributed by atoms with Gasteiger partial charge in [0.05, 0.1) is 0 Å². The van der Waals surface area contributed by atoms with Crippen molar-refractivity contribution in [2.75, 3.05) is 14.1 Å². The molecule has 0 fully saturated rings. The fourth-order valence-electron chi connectivity index (χ4n) is 2.27. The minimum atomic E-state index is -0.666. The molecule has 0 saturated heterocycles. The van der Waals surface area contributed by atoms with Crippen LogP contribution in [0.2, 0.25) is 0 Å². The number of hydrogen-bond acceptors (Lipinski definition) is 3. The highest BCUT2D eigenvalue weighted by molar-refractivity contribution is 5.93. The molecular formula is C24H39N5O2. The summed E-state index contributed by atoms with van der Waals surface area (Å²) < 4.78 is 0. The van der Waals surface area contributed by atoms with Gasteiger partial charge in [-0.3, -0.25) is 0 Å². The molecule has 31 heavy (non-hydrogen) atoms. The summed E-state index contributed by atoms with van der Waals surface area (Å²) in [6.07, 6.45) is 28.8. The van der Waals surface area contributed by atoms with Gasteiger partial charge in [-0.25, -0.2) is 4.79 Å². The maximum Gasteiger partial charge on any atom is 0.358 e. The zero-order valence-electron chi connectivity index (χ0n) is 19.2. The zero-order chi connectivity index (χ0) is 23.2. The van der Waals surface area contributed by atoms with Crippen LogP contribution in [0.4, 0.5) is 0 Å². The van der Waals surface area contributed by atoms with Crippen LogP contribution in [0.15, 0.2) is 70.9 Å². The summed E-state index contributed by atoms with van der Waals surface area (Å²) in [5.74, 6) is -0.754. The number of nitrogens with zero attached hydrogens (tertiary/aromatic N) is 3. The Balaban J connectivity index is 3.95. The van der Waals surface area contributed by atoms with E-state index in [2.05, 4.69) is 34.1 Å². The molecular weight excluding hydrogens is 390 g/mol. The van der Waals surface area contributed by atoms with Crippen molar-refractivity contribution in [3.8, 4) is 0 Å². The number of carbonyl (C=O) groups is 1. The standard InChI is InChI=1S/C24H39N5O2/c1-4-5-6-7-8-9-10-11-12-13-14-15-16-17-18-19-20-21-22(30)31-28-23(25)27-24(26)29(2)3/h12-21H,4-11H2,1-3H3,(H4,25,26,27,28)/b13-12+,15-14+,17-16+,19-18+,21-20+. The van der Waals surface area contributed by atoms with Gasteiger partial charge in [0.2, 0.25) is 0 Å². The van der Waals surface area contributed by atoms with Crippen LogP contribution in [0.1, 0.15) is 58.3 Å². The molecule has 0 aromatic heterocycles. The molecule has 0 aliphatic rings. The van der Waals surface area contributed by atoms with Gasteiger partial charge in [-0.05, 0) is 18.0 Å². The second-order valence-corrected chi connectivity index (χ2v) is 7.08. The molecule has 0 spiro atoms. The number of aliphatic imine (C=N–C) groups is 1. The van der Waals surface area contributed by atoms with Gasteiger partial charge in [0, 0.05) is 20.2 Å². The van der Waals surface area contributed by atoms with Crippen LogP contribution in [-0.4, -0.2) is 36.9 Å². The van der Waals surface area contributed by atoms with Crippen LogP contribution in [0.5, 0.6) is 0 Å². The lowest BCUT2D eigenvalue weighted by molar-refractivity contribution is -0.137. The molecule has 7 nitrogen and oxygen atoms in total. The molecule has 0 radical (unpaired) electrons. The molecule has 0 unspecified atom stereocenters. The van der Waals surface area contributed by atoms with Crippen molar-refractivity contribution in [3.05, 3.63) is 60.8 Å². The molecule has 0 bridgehead atoms. The monoisotopic (exact) mass is 429 g/mol. The van der Waals surface area contributed by atoms with Gasteiger partial charge in [0.25, 0.3) is 5.96 Å². The molecule has 0 aromatic rings. The van der Waals surface area contributed by atoms with Crippen molar-refractivity contribution in [2.45, 2.75) is 58.3 Å². The van der Waals surface area contributed by atoms with E-state index in [-0.39, 0.29) is 11.9 Å². The Kier molecular flexibility index (Phi) is 18.2. The first-order chi connectivity index (χ1) is 15.0. The Labute approximate surface area is 187 Å². The Morgan fingerprint density at radius 2 is 1.39 bits per heavy atom. The molecule has 172 valence electrons. The van der Waals surface area contributed by atoms with E-state index in [9.17, 15) is 4.79 Å². The third-order valence-corrected chi connectivity index (χ3v) is 4.04. The van der Waals surface area contributed by atoms with Crippen LogP contribution in [0.25, 0.3) is 0 Å². The Morgan fingerprint density at radius 3 is 2.00 bits per heavy atom. The van der Waals surface area contributed by atoms with E-state index in [4.69, 9.17) is 11.5 Å². The SMILES string of the molecule is CCCCCCCCC/C=C/C=C/C=C/C=C/C=C/C(=O)O/N=C(N)\N=C(\N)N(C)C. The minimum Gasteiger partial charge on any atom is -0.369 e. The number of hydrogen-bond donors (Lipinski definition) is 2. The van der Waals surface area contributed by atoms with Gasteiger partial charge in [0.15, 0.2) is 5.96 Å². The molecule has 7 heteroatoms. The third-order valence-electron chi connectivity index (χ3n) is 4.04. The molecule has 0 saturated carbocycles. The van der Waals surface area contributed by atoms with Crippen molar-refractivity contribution in [2.24, 2.45) is 21.6 Å². The molecule has 0 rings (SSSR count). The van der Waals surface area contributed by atoms with Crippen molar-refractivity contribution in [3.63, 3.8) is 0 Å². The molecule has 0 atom stereocenters. The number of rotatable bonds is 14. The smallest absolute Gasteiger partial charge is 0.358 e. The summed E-state index contributed by atoms with van der Waals surface area (Å²) in [6, 6.07) is 0. The predicted octanol–water partition coefficient (Wildman–Crippen LogP) is 4.56. The normalized spacial score (nSPS) is 13.5. The first-order valence-electron chi connectivity index (χ1n) is 10.9. The van der Waals surface area contributed by atoms with E-state index < -0.39 is 5.97 Å². The molecule has 4 N–H and O–H groups in total. The average Bonchev–Trinajstić information content (AvgIpc) is 2.74. The van der Waals surface area contributed by atoms with E-state index in [1.54, 1.807) is 37.2 Å². The summed E-state index contributed by atoms with van der Waals surface area (Å²) in [4.78, 5) is 21.4. The van der Waals surface area contributed by atoms with E-state index in [0.717, 1.165) is 6.42 Å². The maximum absolute atomic E-state index is 11.5. The highest BCUT2D eigenvalue weighted by Crippen LogP contribution is 2.08. The number of nitrogens with two attached hydrogens (primary N) is 2. The van der Waals surface area contributed by atoms with Crippen molar-refractivity contribution < 1.29 is 9.63 Å². The quantitative estimate of drug-likeness (QED) is 0.0801. The van der Waals surface area contributed by atoms with Gasteiger partial charge < -0.3 is 21.2 Å². The number of oxime groups is 1. The van der Waals surface area contributed by atoms with Crippen LogP contribution < -0.4 is 11.5 Å². The third kappa shape index (κ3) is 20.0. The maximum atomic E-state index is 11.5. The Hall–Kier alpha value is -3.09. The van der Waals surface area contributed by atoms with Crippen LogP contribution in [-0.2, 0) is 9.63 Å². The van der Waals surface area contributed by atoms with E-state index in [1.165, 1.54) is 51.0 Å². The Morgan fingerprint density at radius 1 is 0.839 bits per heavy atom. The molecule has 0 heterocycles. The first-order valence-corrected chi connectivity index (χ1v) is 10.9. The first kappa shape index (κ1) is 27.9. The molecule has 0 amide bonds. The lowest BCUT2D eigenvalue weighted by atomic mass is 10.1. The van der Waals surface area contributed by atoms with E-state index >= 15 is 0 Å². The van der Waals surface area contributed by atoms with Gasteiger partial charge in [0.1, 0.15) is 0 Å². The molecule has 0 aliphatic heterocycles. The largest absolute Gasteiger partial charge is 0.369 e. The van der Waals surface area contributed by atoms with Crippen molar-refractivity contribution >= 4 is 17.9 Å². The van der Waals surface area contributed by atoms with Crippen LogP contribution in [0, 0.1) is 0 Å². The lowest BCUT2D eigenvalue weighted by Gasteiger charge is -2.09. The highest BCUT2D eigenvalue weighted by atomic mass is 16.7. The topological polar surface area (TPSA) is 106 Å². The number of unbranched alkanes of at least 4 members (excludes halogenated alkanes) is 7. The Bertz CT molecular complexity index is 686. The average molecular weight is 430 g/mol. The second kappa shape index (κ2) is 20.2. The fourth-order valence-corrected chi connectivity index (χ4v) is 2.27. The summed E-state index contributed by atoms with van der Waals surface area (Å²) in [5, 5.41) is 3.39. The van der Waals surface area contributed by atoms with Gasteiger partial charge in [-0.1, -0.05) is 100 Å². The predicted molar refractivity (Wildman–Crippen MR) is 131 cm³/mol. The summed E-state index contributed by atoms with van der Waals surface area (Å²) in [6.45, 7) is 2.25. The van der Waals surface area contributed by atoms with E-state index in [1.807, 2.05) is 24.3 Å². The summed E-state index contributed by atoms with van der Waals surface area (Å²) >= 11 is 0. The number of allylic oxidation sites excluding steroid dienone is 9. The highest BCUT2D eigenvalue weighted by Gasteiger charge is 1.98.